The van der Waals surface area contributed by atoms with Gasteiger partial charge in [0.25, 0.3) is 0 Å². The van der Waals surface area contributed by atoms with Crippen molar-refractivity contribution in [2.75, 3.05) is 0 Å². The molecule has 2 radical (unpaired) electrons. The number of nitrogens with one attached hydrogen (secondary N) is 1. The summed E-state index contributed by atoms with van der Waals surface area (Å²) >= 11 is 0. The molecule has 0 spiro atoms. The van der Waals surface area contributed by atoms with Crippen molar-refractivity contribution in [2.24, 2.45) is 5.92 Å². The molecule has 2 rings (SSSR count). The number of allylic oxidation sites excluding steroid dienone is 4. The van der Waals surface area contributed by atoms with E-state index >= 15 is 0 Å². The first-order chi connectivity index (χ1) is 10.3. The number of hydrogen-bond donors (Lipinski definition) is 0. The van der Waals surface area contributed by atoms with E-state index in [2.05, 4.69) is 60.7 Å². The molecule has 0 saturated carbocycles. The monoisotopic (exact) mass is 565 g/mol. The van der Waals surface area contributed by atoms with Gasteiger partial charge in [-0.05, 0) is 5.92 Å². The van der Waals surface area contributed by atoms with Crippen molar-refractivity contribution in [1.29, 1.82) is 0 Å². The van der Waals surface area contributed by atoms with Gasteiger partial charge in [0.05, 0.1) is 0 Å². The van der Waals surface area contributed by atoms with Crippen molar-refractivity contribution in [3.05, 3.63) is 58.4 Å². The van der Waals surface area contributed by atoms with E-state index in [1.165, 1.54) is 16.7 Å². The molecule has 0 amide bonds. The van der Waals surface area contributed by atoms with Crippen LogP contribution in [0.4, 0.5) is 5.69 Å². The van der Waals surface area contributed by atoms with Crippen molar-refractivity contribution in [3.8, 4) is 0 Å². The molecule has 0 aromatic heterocycles. The van der Waals surface area contributed by atoms with Gasteiger partial charge in [0.15, 0.2) is 0 Å². The Balaban J connectivity index is -0.000000139. The first kappa shape index (κ1) is 32.8. The molecule has 1 aliphatic carbocycles. The standard InChI is InChI=1S/C9H12N.C9H13.C2H6Si.2ClH.Hf/c1-7(2)8-5-3-4-6-9(8)10;1-6-5-7(2)9(4)8(6)3;1-3-2;;;/h3-7,10H,1-2H3;6H,1-4H3;1-2H3;2*1H;/q2*-1;;;;. The molecule has 1 unspecified atom stereocenters. The molecule has 1 aromatic rings. The Hall–Kier alpha value is 0.167. The molecule has 1 N–H and O–H groups in total. The van der Waals surface area contributed by atoms with Crippen LogP contribution in [0.25, 0.3) is 5.73 Å². The van der Waals surface area contributed by atoms with Crippen LogP contribution in [0.3, 0.4) is 0 Å². The maximum atomic E-state index is 7.50. The molecule has 1 aromatic carbocycles. The Morgan fingerprint density at radius 2 is 1.48 bits per heavy atom. The minimum absolute atomic E-state index is 0. The van der Waals surface area contributed by atoms with E-state index in [4.69, 9.17) is 5.73 Å². The number of rotatable bonds is 1. The summed E-state index contributed by atoms with van der Waals surface area (Å²) < 4.78 is 0. The second-order valence-corrected chi connectivity index (χ2v) is 7.04. The maximum Gasteiger partial charge on any atom is 0.0307 e. The van der Waals surface area contributed by atoms with Crippen molar-refractivity contribution >= 4 is 40.0 Å². The van der Waals surface area contributed by atoms with Gasteiger partial charge in [0.2, 0.25) is 0 Å². The number of hydrogen-bond acceptors (Lipinski definition) is 0. The first-order valence-electron chi connectivity index (χ1n) is 7.93. The topological polar surface area (TPSA) is 23.8 Å². The molecule has 0 heterocycles. The Morgan fingerprint density at radius 1 is 1.04 bits per heavy atom. The van der Waals surface area contributed by atoms with E-state index in [-0.39, 0.29) is 50.7 Å². The number of benzene rings is 1. The second kappa shape index (κ2) is 17.6. The third kappa shape index (κ3) is 12.2. The first-order valence-corrected chi connectivity index (χ1v) is 9.93. The van der Waals surface area contributed by atoms with Crippen LogP contribution in [-0.2, 0) is 25.8 Å². The Morgan fingerprint density at radius 3 is 1.68 bits per heavy atom. The summed E-state index contributed by atoms with van der Waals surface area (Å²) in [7, 11) is 1.08. The van der Waals surface area contributed by atoms with E-state index in [0.29, 0.717) is 17.5 Å². The zero-order chi connectivity index (χ0) is 17.3. The summed E-state index contributed by atoms with van der Waals surface area (Å²) in [5.41, 5.74) is 13.5. The van der Waals surface area contributed by atoms with Crippen LogP contribution in [-0.4, -0.2) is 9.52 Å². The van der Waals surface area contributed by atoms with E-state index in [9.17, 15) is 0 Å². The molecule has 142 valence electrons. The predicted octanol–water partition coefficient (Wildman–Crippen LogP) is 7.84. The largest absolute Gasteiger partial charge is 0.698 e. The number of halogens is 2. The Kier molecular flexibility index (Phi) is 23.1. The zero-order valence-electron chi connectivity index (χ0n) is 16.8. The third-order valence-corrected chi connectivity index (χ3v) is 3.82. The van der Waals surface area contributed by atoms with Crippen molar-refractivity contribution in [3.63, 3.8) is 0 Å². The summed E-state index contributed by atoms with van der Waals surface area (Å²) in [6.45, 7) is 17.2. The molecule has 1 atom stereocenters. The fraction of sp³-hybridized carbons (Fsp3) is 0.500. The smallest absolute Gasteiger partial charge is 0.0307 e. The zero-order valence-corrected chi connectivity index (χ0v) is 23.0. The summed E-state index contributed by atoms with van der Waals surface area (Å²) in [6, 6.07) is 7.71. The van der Waals surface area contributed by atoms with Gasteiger partial charge in [-0.25, -0.2) is 5.57 Å². The van der Waals surface area contributed by atoms with E-state index in [1.807, 2.05) is 24.3 Å². The Bertz CT molecular complexity index is 528. The van der Waals surface area contributed by atoms with E-state index < -0.39 is 0 Å². The molecule has 0 aliphatic heterocycles. The van der Waals surface area contributed by atoms with Gasteiger partial charge < -0.3 is 5.73 Å². The van der Waals surface area contributed by atoms with Crippen LogP contribution in [0.2, 0.25) is 13.1 Å². The van der Waals surface area contributed by atoms with Gasteiger partial charge in [-0.1, -0.05) is 83.5 Å². The average Bonchev–Trinajstić information content (AvgIpc) is 2.67. The predicted molar refractivity (Wildman–Crippen MR) is 116 cm³/mol. The van der Waals surface area contributed by atoms with Crippen LogP contribution < -0.4 is 0 Å². The summed E-state index contributed by atoms with van der Waals surface area (Å²) in [4.78, 5) is 0. The second-order valence-electron chi connectivity index (χ2n) is 6.04. The Labute approximate surface area is 189 Å². The molecule has 0 bridgehead atoms. The van der Waals surface area contributed by atoms with Gasteiger partial charge in [0.1, 0.15) is 0 Å². The maximum absolute atomic E-state index is 7.50. The van der Waals surface area contributed by atoms with Gasteiger partial charge in [-0.15, -0.1) is 37.4 Å². The summed E-state index contributed by atoms with van der Waals surface area (Å²) in [6.07, 6.45) is 3.36. The van der Waals surface area contributed by atoms with E-state index in [0.717, 1.165) is 15.1 Å². The average molecular weight is 565 g/mol. The molecule has 0 saturated heterocycles. The molecule has 5 heteroatoms. The quantitative estimate of drug-likeness (QED) is 0.245. The van der Waals surface area contributed by atoms with Gasteiger partial charge in [0, 0.05) is 35.4 Å². The molecular weight excluding hydrogens is 532 g/mol. The van der Waals surface area contributed by atoms with Crippen molar-refractivity contribution in [1.82, 2.24) is 0 Å². The summed E-state index contributed by atoms with van der Waals surface area (Å²) in [5.74, 6) is 1.03. The van der Waals surface area contributed by atoms with Crippen LogP contribution in [0, 0.1) is 12.0 Å². The fourth-order valence-corrected chi connectivity index (χ4v) is 2.16. The normalized spacial score (nSPS) is 14.6. The fourth-order valence-electron chi connectivity index (χ4n) is 2.16. The van der Waals surface area contributed by atoms with Crippen LogP contribution in [0.1, 0.15) is 53.0 Å². The van der Waals surface area contributed by atoms with E-state index in [1.54, 1.807) is 0 Å². The van der Waals surface area contributed by atoms with Crippen molar-refractivity contribution in [2.45, 2.75) is 60.6 Å². The molecule has 0 fully saturated rings. The van der Waals surface area contributed by atoms with Crippen LogP contribution in [0.5, 0.6) is 0 Å². The molecule has 1 nitrogen and oxygen atoms in total. The van der Waals surface area contributed by atoms with Gasteiger partial charge in [-0.3, -0.25) is 6.08 Å². The molecule has 1 aliphatic rings. The van der Waals surface area contributed by atoms with Gasteiger partial charge in [-0.2, -0.15) is 11.1 Å². The van der Waals surface area contributed by atoms with Gasteiger partial charge >= 0.3 is 0 Å². The van der Waals surface area contributed by atoms with Crippen LogP contribution >= 0.6 is 24.8 Å². The molecular formula is C20H33Cl2HfNSi-2. The summed E-state index contributed by atoms with van der Waals surface area (Å²) in [5, 5.41) is 0. The SMILES string of the molecule is CC(C)c1ccccc1[NH-].CC1=[C-]C(C)C(C)=C1C.C[Si]C.Cl.Cl.[Hf]. The minimum Gasteiger partial charge on any atom is -0.698 e. The minimum atomic E-state index is 0. The van der Waals surface area contributed by atoms with Crippen LogP contribution in [0.15, 0.2) is 41.0 Å². The third-order valence-electron chi connectivity index (χ3n) is 3.82. The molecule has 25 heavy (non-hydrogen) atoms. The van der Waals surface area contributed by atoms with Crippen molar-refractivity contribution < 1.29 is 25.8 Å².